The molecule has 0 radical (unpaired) electrons. The Morgan fingerprint density at radius 2 is 1.95 bits per heavy atom. The van der Waals surface area contributed by atoms with E-state index in [4.69, 9.17) is 0 Å². The highest BCUT2D eigenvalue weighted by Crippen LogP contribution is 2.31. The van der Waals surface area contributed by atoms with E-state index in [0.29, 0.717) is 0 Å². The summed E-state index contributed by atoms with van der Waals surface area (Å²) in [5.74, 6) is 0. The first-order valence-corrected chi connectivity index (χ1v) is 7.90. The van der Waals surface area contributed by atoms with Gasteiger partial charge in [-0.2, -0.15) is 0 Å². The molecular formula is C15H17Br2N3. The number of aromatic nitrogens is 1. The van der Waals surface area contributed by atoms with E-state index < -0.39 is 0 Å². The van der Waals surface area contributed by atoms with E-state index >= 15 is 0 Å². The highest BCUT2D eigenvalue weighted by molar-refractivity contribution is 9.11. The van der Waals surface area contributed by atoms with Crippen LogP contribution >= 0.6 is 31.9 Å². The van der Waals surface area contributed by atoms with Crippen molar-refractivity contribution in [1.29, 1.82) is 0 Å². The molecule has 0 aliphatic heterocycles. The van der Waals surface area contributed by atoms with Crippen molar-refractivity contribution in [3.63, 3.8) is 0 Å². The maximum absolute atomic E-state index is 4.20. The molecule has 0 amide bonds. The van der Waals surface area contributed by atoms with Gasteiger partial charge in [-0.05, 0) is 30.7 Å². The number of halogens is 2. The van der Waals surface area contributed by atoms with Crippen LogP contribution in [-0.4, -0.2) is 19.1 Å². The van der Waals surface area contributed by atoms with Gasteiger partial charge < -0.3 is 10.2 Å². The monoisotopic (exact) mass is 397 g/mol. The molecule has 5 heteroatoms. The molecule has 0 saturated carbocycles. The fraction of sp³-hybridized carbons (Fsp3) is 0.267. The second-order valence-electron chi connectivity index (χ2n) is 4.82. The maximum Gasteiger partial charge on any atom is 0.0768 e. The van der Waals surface area contributed by atoms with Gasteiger partial charge in [0.25, 0.3) is 0 Å². The van der Waals surface area contributed by atoms with Gasteiger partial charge in [-0.25, -0.2) is 0 Å². The number of nitrogens with one attached hydrogen (secondary N) is 1. The van der Waals surface area contributed by atoms with Crippen molar-refractivity contribution >= 4 is 43.2 Å². The van der Waals surface area contributed by atoms with Crippen molar-refractivity contribution in [3.8, 4) is 0 Å². The molecule has 1 atom stereocenters. The minimum atomic E-state index is 0.181. The first kappa shape index (κ1) is 15.3. The summed E-state index contributed by atoms with van der Waals surface area (Å²) in [7, 11) is 4.06. The zero-order valence-corrected chi connectivity index (χ0v) is 14.9. The standard InChI is InChI=1S/C15H17Br2N3/c1-10(12-5-4-11(16)8-13(12)17)19-14-9-18-7-6-15(14)20(2)3/h4-10,19H,1-3H3. The molecule has 1 heterocycles. The molecular weight excluding hydrogens is 382 g/mol. The van der Waals surface area contributed by atoms with E-state index in [1.165, 1.54) is 5.56 Å². The Bertz CT molecular complexity index is 599. The molecule has 1 aromatic carbocycles. The lowest BCUT2D eigenvalue weighted by atomic mass is 10.1. The highest BCUT2D eigenvalue weighted by atomic mass is 79.9. The number of pyridine rings is 1. The molecule has 0 saturated heterocycles. The van der Waals surface area contributed by atoms with Crippen LogP contribution in [0, 0.1) is 0 Å². The van der Waals surface area contributed by atoms with Gasteiger partial charge in [-0.1, -0.05) is 37.9 Å². The normalized spacial score (nSPS) is 12.1. The third-order valence-electron chi connectivity index (χ3n) is 3.08. The van der Waals surface area contributed by atoms with Crippen molar-refractivity contribution in [2.24, 2.45) is 0 Å². The van der Waals surface area contributed by atoms with Crippen molar-refractivity contribution in [2.45, 2.75) is 13.0 Å². The summed E-state index contributed by atoms with van der Waals surface area (Å²) < 4.78 is 2.15. The summed E-state index contributed by atoms with van der Waals surface area (Å²) in [6.07, 6.45) is 3.67. The largest absolute Gasteiger partial charge is 0.376 e. The lowest BCUT2D eigenvalue weighted by Crippen LogP contribution is -2.14. The van der Waals surface area contributed by atoms with E-state index in [9.17, 15) is 0 Å². The predicted molar refractivity (Wildman–Crippen MR) is 92.4 cm³/mol. The molecule has 2 aromatic rings. The zero-order valence-electron chi connectivity index (χ0n) is 11.7. The smallest absolute Gasteiger partial charge is 0.0768 e. The fourth-order valence-electron chi connectivity index (χ4n) is 2.05. The molecule has 0 fully saturated rings. The van der Waals surface area contributed by atoms with Crippen LogP contribution in [0.2, 0.25) is 0 Å². The van der Waals surface area contributed by atoms with Crippen LogP contribution in [0.3, 0.4) is 0 Å². The van der Waals surface area contributed by atoms with Crippen LogP contribution in [0.1, 0.15) is 18.5 Å². The number of anilines is 2. The van der Waals surface area contributed by atoms with E-state index in [0.717, 1.165) is 20.3 Å². The maximum atomic E-state index is 4.20. The van der Waals surface area contributed by atoms with Crippen LogP contribution in [0.15, 0.2) is 45.6 Å². The summed E-state index contributed by atoms with van der Waals surface area (Å²) >= 11 is 7.09. The second-order valence-corrected chi connectivity index (χ2v) is 6.59. The minimum absolute atomic E-state index is 0.181. The summed E-state index contributed by atoms with van der Waals surface area (Å²) in [4.78, 5) is 6.28. The highest BCUT2D eigenvalue weighted by Gasteiger charge is 2.12. The number of benzene rings is 1. The second kappa shape index (κ2) is 6.59. The zero-order chi connectivity index (χ0) is 14.7. The Labute approximate surface area is 136 Å². The molecule has 3 nitrogen and oxygen atoms in total. The Kier molecular flexibility index (Phi) is 5.05. The molecule has 1 aromatic heterocycles. The summed E-state index contributed by atoms with van der Waals surface area (Å²) in [6, 6.07) is 8.40. The van der Waals surface area contributed by atoms with Gasteiger partial charge in [0.1, 0.15) is 0 Å². The Morgan fingerprint density at radius 3 is 2.60 bits per heavy atom. The topological polar surface area (TPSA) is 28.2 Å². The number of rotatable bonds is 4. The van der Waals surface area contributed by atoms with E-state index in [1.807, 2.05) is 32.4 Å². The molecule has 0 bridgehead atoms. The average molecular weight is 399 g/mol. The quantitative estimate of drug-likeness (QED) is 0.798. The first-order valence-electron chi connectivity index (χ1n) is 6.32. The van der Waals surface area contributed by atoms with Crippen LogP contribution in [0.5, 0.6) is 0 Å². The molecule has 0 spiro atoms. The third-order valence-corrected chi connectivity index (χ3v) is 4.26. The fourth-order valence-corrected chi connectivity index (χ4v) is 3.44. The molecule has 1 unspecified atom stereocenters. The Balaban J connectivity index is 2.26. The van der Waals surface area contributed by atoms with E-state index in [1.54, 1.807) is 6.20 Å². The van der Waals surface area contributed by atoms with E-state index in [-0.39, 0.29) is 6.04 Å². The summed E-state index contributed by atoms with van der Waals surface area (Å²) in [5, 5.41) is 3.52. The van der Waals surface area contributed by atoms with Gasteiger partial charge in [0, 0.05) is 35.3 Å². The molecule has 0 aliphatic rings. The summed E-state index contributed by atoms with van der Waals surface area (Å²) in [6.45, 7) is 2.14. The minimum Gasteiger partial charge on any atom is -0.376 e. The number of nitrogens with zero attached hydrogens (tertiary/aromatic N) is 2. The number of hydrogen-bond donors (Lipinski definition) is 1. The van der Waals surface area contributed by atoms with Crippen molar-refractivity contribution in [2.75, 3.05) is 24.3 Å². The lowest BCUT2D eigenvalue weighted by molar-refractivity contribution is 0.874. The van der Waals surface area contributed by atoms with Crippen molar-refractivity contribution in [3.05, 3.63) is 51.2 Å². The van der Waals surface area contributed by atoms with Crippen LogP contribution in [0.4, 0.5) is 11.4 Å². The van der Waals surface area contributed by atoms with Crippen LogP contribution < -0.4 is 10.2 Å². The SMILES string of the molecule is CC(Nc1cnccc1N(C)C)c1ccc(Br)cc1Br. The van der Waals surface area contributed by atoms with Gasteiger partial charge in [-0.3, -0.25) is 4.98 Å². The van der Waals surface area contributed by atoms with Crippen LogP contribution in [0.25, 0.3) is 0 Å². The first-order chi connectivity index (χ1) is 9.49. The average Bonchev–Trinajstić information content (AvgIpc) is 2.38. The number of hydrogen-bond acceptors (Lipinski definition) is 3. The molecule has 106 valence electrons. The van der Waals surface area contributed by atoms with Gasteiger partial charge in [0.15, 0.2) is 0 Å². The van der Waals surface area contributed by atoms with Crippen molar-refractivity contribution < 1.29 is 0 Å². The molecule has 20 heavy (non-hydrogen) atoms. The van der Waals surface area contributed by atoms with Gasteiger partial charge in [0.05, 0.1) is 17.6 Å². The van der Waals surface area contributed by atoms with Crippen LogP contribution in [-0.2, 0) is 0 Å². The molecule has 1 N–H and O–H groups in total. The summed E-state index contributed by atoms with van der Waals surface area (Å²) in [5.41, 5.74) is 3.36. The van der Waals surface area contributed by atoms with E-state index in [2.05, 4.69) is 66.1 Å². The Hall–Kier alpha value is -1.07. The van der Waals surface area contributed by atoms with Crippen molar-refractivity contribution in [1.82, 2.24) is 4.98 Å². The Morgan fingerprint density at radius 1 is 1.20 bits per heavy atom. The van der Waals surface area contributed by atoms with Gasteiger partial charge in [-0.15, -0.1) is 0 Å². The molecule has 0 aliphatic carbocycles. The molecule has 2 rings (SSSR count). The third kappa shape index (κ3) is 3.52. The van der Waals surface area contributed by atoms with Gasteiger partial charge >= 0.3 is 0 Å². The predicted octanol–water partition coefficient (Wildman–Crippen LogP) is 4.85. The van der Waals surface area contributed by atoms with Gasteiger partial charge in [0.2, 0.25) is 0 Å². The lowest BCUT2D eigenvalue weighted by Gasteiger charge is -2.22.